The van der Waals surface area contributed by atoms with Crippen molar-refractivity contribution in [3.8, 4) is 0 Å². The molecule has 17 heavy (non-hydrogen) atoms. The number of aromatic nitrogens is 2. The normalized spacial score (nSPS) is 30.1. The highest BCUT2D eigenvalue weighted by atomic mass is 15.3. The van der Waals surface area contributed by atoms with Crippen molar-refractivity contribution in [2.75, 3.05) is 13.1 Å². The van der Waals surface area contributed by atoms with Crippen LogP contribution in [0.2, 0.25) is 0 Å². The van der Waals surface area contributed by atoms with E-state index in [0.717, 1.165) is 12.6 Å². The van der Waals surface area contributed by atoms with E-state index in [1.54, 1.807) is 0 Å². The molecule has 2 aliphatic rings. The van der Waals surface area contributed by atoms with E-state index in [0.29, 0.717) is 12.0 Å². The minimum atomic E-state index is 0.515. The summed E-state index contributed by atoms with van der Waals surface area (Å²) in [5, 5.41) is 4.39. The minimum Gasteiger partial charge on any atom is -0.330 e. The fourth-order valence-corrected chi connectivity index (χ4v) is 3.18. The smallest absolute Gasteiger partial charge is 0.0540 e. The molecular weight excluding hydrogens is 212 g/mol. The monoisotopic (exact) mass is 234 g/mol. The molecule has 1 saturated heterocycles. The maximum Gasteiger partial charge on any atom is 0.0540 e. The van der Waals surface area contributed by atoms with Crippen molar-refractivity contribution in [1.82, 2.24) is 14.7 Å². The lowest BCUT2D eigenvalue weighted by molar-refractivity contribution is 0.219. The molecule has 2 atom stereocenters. The van der Waals surface area contributed by atoms with Crippen molar-refractivity contribution in [2.45, 2.75) is 38.3 Å². The molecule has 1 aromatic heterocycles. The number of likely N-dealkylation sites (tertiary alicyclic amines) is 1. The van der Waals surface area contributed by atoms with Gasteiger partial charge in [-0.25, -0.2) is 0 Å². The van der Waals surface area contributed by atoms with Crippen LogP contribution in [0.1, 0.15) is 36.6 Å². The van der Waals surface area contributed by atoms with Gasteiger partial charge in [0.1, 0.15) is 0 Å². The summed E-state index contributed by atoms with van der Waals surface area (Å²) in [6.07, 6.45) is 6.02. The second kappa shape index (κ2) is 4.10. The van der Waals surface area contributed by atoms with Gasteiger partial charge in [-0.15, -0.1) is 0 Å². The molecule has 94 valence electrons. The second-order valence-electron chi connectivity index (χ2n) is 5.51. The van der Waals surface area contributed by atoms with Crippen LogP contribution in [0.3, 0.4) is 0 Å². The third-order valence-corrected chi connectivity index (χ3v) is 4.47. The summed E-state index contributed by atoms with van der Waals surface area (Å²) in [7, 11) is 2.02. The van der Waals surface area contributed by atoms with E-state index in [1.165, 1.54) is 37.1 Å². The molecule has 1 aromatic rings. The number of aryl methyl sites for hydroxylation is 1. The number of nitrogens with zero attached hydrogens (tertiary/aromatic N) is 3. The minimum absolute atomic E-state index is 0.515. The van der Waals surface area contributed by atoms with Gasteiger partial charge in [0.2, 0.25) is 0 Å². The maximum absolute atomic E-state index is 5.95. The van der Waals surface area contributed by atoms with E-state index < -0.39 is 0 Å². The Hall–Kier alpha value is -0.870. The van der Waals surface area contributed by atoms with Gasteiger partial charge in [-0.3, -0.25) is 9.58 Å². The Morgan fingerprint density at radius 3 is 2.71 bits per heavy atom. The summed E-state index contributed by atoms with van der Waals surface area (Å²) < 4.78 is 1.98. The number of rotatable bonds is 3. The van der Waals surface area contributed by atoms with Crippen LogP contribution >= 0.6 is 0 Å². The van der Waals surface area contributed by atoms with Gasteiger partial charge in [0, 0.05) is 30.4 Å². The van der Waals surface area contributed by atoms with Crippen molar-refractivity contribution in [2.24, 2.45) is 18.7 Å². The molecule has 4 heteroatoms. The highest BCUT2D eigenvalue weighted by Crippen LogP contribution is 2.44. The van der Waals surface area contributed by atoms with Crippen LogP contribution in [-0.4, -0.2) is 33.8 Å². The summed E-state index contributed by atoms with van der Waals surface area (Å²) in [5.41, 5.74) is 8.64. The van der Waals surface area contributed by atoms with Gasteiger partial charge in [0.15, 0.2) is 0 Å². The third-order valence-electron chi connectivity index (χ3n) is 4.47. The van der Waals surface area contributed by atoms with Crippen molar-refractivity contribution < 1.29 is 0 Å². The molecule has 0 spiro atoms. The molecule has 0 amide bonds. The van der Waals surface area contributed by atoms with Gasteiger partial charge in [-0.1, -0.05) is 0 Å². The molecule has 0 aromatic carbocycles. The Labute approximate surface area is 103 Å². The van der Waals surface area contributed by atoms with Crippen LogP contribution in [0.4, 0.5) is 0 Å². The molecule has 4 nitrogen and oxygen atoms in total. The molecule has 2 heterocycles. The van der Waals surface area contributed by atoms with Gasteiger partial charge < -0.3 is 5.73 Å². The first kappa shape index (κ1) is 11.2. The molecule has 0 radical (unpaired) electrons. The van der Waals surface area contributed by atoms with Crippen LogP contribution in [0.15, 0.2) is 6.20 Å². The van der Waals surface area contributed by atoms with Crippen molar-refractivity contribution >= 4 is 0 Å². The first-order valence-corrected chi connectivity index (χ1v) is 6.66. The first-order chi connectivity index (χ1) is 8.22. The Balaban J connectivity index is 1.93. The molecule has 0 bridgehead atoms. The molecule has 1 aliphatic carbocycles. The predicted octanol–water partition coefficient (Wildman–Crippen LogP) is 1.21. The molecule has 1 saturated carbocycles. The lowest BCUT2D eigenvalue weighted by atomic mass is 9.94. The maximum atomic E-state index is 5.95. The number of nitrogens with two attached hydrogens (primary N) is 1. The van der Waals surface area contributed by atoms with Crippen LogP contribution in [0.5, 0.6) is 0 Å². The fourth-order valence-electron chi connectivity index (χ4n) is 3.18. The van der Waals surface area contributed by atoms with E-state index in [9.17, 15) is 0 Å². The fraction of sp³-hybridized carbons (Fsp3) is 0.769. The largest absolute Gasteiger partial charge is 0.330 e. The van der Waals surface area contributed by atoms with Gasteiger partial charge in [0.05, 0.1) is 6.20 Å². The van der Waals surface area contributed by atoms with E-state index in [2.05, 4.69) is 16.9 Å². The Bertz CT molecular complexity index is 408. The lowest BCUT2D eigenvalue weighted by Gasteiger charge is -2.27. The van der Waals surface area contributed by atoms with E-state index in [-0.39, 0.29) is 0 Å². The van der Waals surface area contributed by atoms with Crippen molar-refractivity contribution in [3.63, 3.8) is 0 Å². The molecule has 2 fully saturated rings. The average molecular weight is 234 g/mol. The van der Waals surface area contributed by atoms with E-state index in [4.69, 9.17) is 5.73 Å². The van der Waals surface area contributed by atoms with Gasteiger partial charge in [0.25, 0.3) is 0 Å². The van der Waals surface area contributed by atoms with Gasteiger partial charge >= 0.3 is 0 Å². The lowest BCUT2D eigenvalue weighted by Crippen LogP contribution is -2.30. The van der Waals surface area contributed by atoms with Crippen molar-refractivity contribution in [1.29, 1.82) is 0 Å². The SMILES string of the molecule is Cc1c(C2C(CN)CCN2C2CC2)cnn1C. The zero-order valence-corrected chi connectivity index (χ0v) is 10.8. The Morgan fingerprint density at radius 1 is 1.41 bits per heavy atom. The van der Waals surface area contributed by atoms with Crippen LogP contribution in [0.25, 0.3) is 0 Å². The summed E-state index contributed by atoms with van der Waals surface area (Å²) in [4.78, 5) is 2.67. The molecule has 1 aliphatic heterocycles. The first-order valence-electron chi connectivity index (χ1n) is 6.66. The third kappa shape index (κ3) is 1.79. The molecule has 2 unspecified atom stereocenters. The summed E-state index contributed by atoms with van der Waals surface area (Å²) in [5.74, 6) is 0.610. The van der Waals surface area contributed by atoms with Crippen LogP contribution < -0.4 is 5.73 Å². The number of hydrogen-bond acceptors (Lipinski definition) is 3. The zero-order chi connectivity index (χ0) is 12.0. The molecule has 3 rings (SSSR count). The summed E-state index contributed by atoms with van der Waals surface area (Å²) in [6.45, 7) is 4.17. The van der Waals surface area contributed by atoms with E-state index >= 15 is 0 Å². The van der Waals surface area contributed by atoms with Gasteiger partial charge in [-0.2, -0.15) is 5.10 Å². The van der Waals surface area contributed by atoms with Crippen LogP contribution in [-0.2, 0) is 7.05 Å². The number of hydrogen-bond donors (Lipinski definition) is 1. The zero-order valence-electron chi connectivity index (χ0n) is 10.8. The van der Waals surface area contributed by atoms with Crippen LogP contribution in [0, 0.1) is 12.8 Å². The predicted molar refractivity (Wildman–Crippen MR) is 67.6 cm³/mol. The highest BCUT2D eigenvalue weighted by molar-refractivity contribution is 5.24. The Kier molecular flexibility index (Phi) is 2.71. The highest BCUT2D eigenvalue weighted by Gasteiger charge is 2.43. The Morgan fingerprint density at radius 2 is 2.18 bits per heavy atom. The summed E-state index contributed by atoms with van der Waals surface area (Å²) in [6, 6.07) is 1.33. The average Bonchev–Trinajstić information content (AvgIpc) is 3.01. The standard InChI is InChI=1S/C13H22N4/c1-9-12(8-15-16(9)2)13-10(7-14)5-6-17(13)11-3-4-11/h8,10-11,13H,3-7,14H2,1-2H3. The summed E-state index contributed by atoms with van der Waals surface area (Å²) >= 11 is 0. The molecular formula is C13H22N4. The van der Waals surface area contributed by atoms with E-state index in [1.807, 2.05) is 17.9 Å². The topological polar surface area (TPSA) is 47.1 Å². The van der Waals surface area contributed by atoms with Gasteiger partial charge in [-0.05, 0) is 45.2 Å². The van der Waals surface area contributed by atoms with Crippen molar-refractivity contribution in [3.05, 3.63) is 17.5 Å². The quantitative estimate of drug-likeness (QED) is 0.855. The second-order valence-corrected chi connectivity index (χ2v) is 5.51. The molecule has 2 N–H and O–H groups in total.